The van der Waals surface area contributed by atoms with Crippen LogP contribution >= 0.6 is 0 Å². The number of aromatic nitrogens is 2. The van der Waals surface area contributed by atoms with Gasteiger partial charge in [-0.15, -0.1) is 0 Å². The fourth-order valence-corrected chi connectivity index (χ4v) is 4.35. The molecule has 7 nitrogen and oxygen atoms in total. The van der Waals surface area contributed by atoms with E-state index >= 15 is 0 Å². The number of para-hydroxylation sites is 1. The lowest BCUT2D eigenvalue weighted by Gasteiger charge is -2.27. The molecule has 3 N–H and O–H groups in total. The molecule has 4 aromatic rings. The number of nitrogens with zero attached hydrogens (tertiary/aromatic N) is 1. The van der Waals surface area contributed by atoms with Gasteiger partial charge in [0, 0.05) is 33.1 Å². The average Bonchev–Trinajstić information content (AvgIpc) is 3.16. The first-order valence-corrected chi connectivity index (χ1v) is 10.3. The fourth-order valence-electron chi connectivity index (χ4n) is 4.35. The Morgan fingerprint density at radius 2 is 1.81 bits per heavy atom. The van der Waals surface area contributed by atoms with Crippen molar-refractivity contribution in [3.05, 3.63) is 71.6 Å². The third-order valence-electron chi connectivity index (χ3n) is 5.82. The number of fused-ring (bicyclic) bond motifs is 3. The lowest BCUT2D eigenvalue weighted by molar-refractivity contribution is -0.114. The van der Waals surface area contributed by atoms with Crippen LogP contribution in [0, 0.1) is 0 Å². The van der Waals surface area contributed by atoms with Gasteiger partial charge in [0.1, 0.15) is 11.8 Å². The van der Waals surface area contributed by atoms with Gasteiger partial charge in [-0.3, -0.25) is 4.79 Å². The number of hydrogen-bond acceptors (Lipinski definition) is 4. The Kier molecular flexibility index (Phi) is 4.66. The van der Waals surface area contributed by atoms with E-state index in [4.69, 9.17) is 9.72 Å². The lowest BCUT2D eigenvalue weighted by atomic mass is 9.94. The number of methoxy groups -OCH3 is 1. The smallest absolute Gasteiger partial charge is 0.319 e. The lowest BCUT2D eigenvalue weighted by Crippen LogP contribution is -2.45. The number of hydrogen-bond donors (Lipinski definition) is 3. The number of ketones is 1. The molecule has 1 aliphatic heterocycles. The zero-order valence-corrected chi connectivity index (χ0v) is 17.9. The van der Waals surface area contributed by atoms with Gasteiger partial charge in [0.2, 0.25) is 0 Å². The number of carbonyl (C=O) groups excluding carboxylic acids is 2. The van der Waals surface area contributed by atoms with E-state index in [0.717, 1.165) is 38.8 Å². The third kappa shape index (κ3) is 3.19. The first kappa shape index (κ1) is 19.8. The number of Topliss-reactive ketones (excluding diaryl/α,β-unsaturated/α-hetero) is 1. The summed E-state index contributed by atoms with van der Waals surface area (Å²) in [5.41, 5.74) is 5.16. The van der Waals surface area contributed by atoms with Gasteiger partial charge in [-0.05, 0) is 50.2 Å². The molecule has 1 atom stereocenters. The molecule has 2 amide bonds. The van der Waals surface area contributed by atoms with Gasteiger partial charge in [-0.1, -0.05) is 18.2 Å². The average molecular weight is 426 g/mol. The molecule has 0 aliphatic carbocycles. The van der Waals surface area contributed by atoms with Crippen LogP contribution in [-0.4, -0.2) is 28.9 Å². The molecule has 0 saturated carbocycles. The molecular formula is C25H22N4O3. The summed E-state index contributed by atoms with van der Waals surface area (Å²) in [7, 11) is 1.63. The van der Waals surface area contributed by atoms with Crippen molar-refractivity contribution in [1.82, 2.24) is 20.6 Å². The van der Waals surface area contributed by atoms with E-state index in [0.29, 0.717) is 17.0 Å². The van der Waals surface area contributed by atoms with E-state index in [1.54, 1.807) is 14.0 Å². The second kappa shape index (κ2) is 7.53. The van der Waals surface area contributed by atoms with Crippen LogP contribution in [0.15, 0.2) is 65.9 Å². The van der Waals surface area contributed by atoms with E-state index < -0.39 is 6.04 Å². The fraction of sp³-hybridized carbons (Fsp3) is 0.160. The zero-order valence-electron chi connectivity index (χ0n) is 17.9. The molecule has 2 aromatic heterocycles. The van der Waals surface area contributed by atoms with Crippen molar-refractivity contribution in [3.8, 4) is 17.0 Å². The third-order valence-corrected chi connectivity index (χ3v) is 5.82. The molecule has 0 spiro atoms. The number of pyridine rings is 1. The van der Waals surface area contributed by atoms with E-state index in [9.17, 15) is 9.59 Å². The largest absolute Gasteiger partial charge is 0.497 e. The van der Waals surface area contributed by atoms with Crippen molar-refractivity contribution < 1.29 is 14.3 Å². The Bertz CT molecular complexity index is 1420. The van der Waals surface area contributed by atoms with Crippen LogP contribution in [0.25, 0.3) is 33.1 Å². The zero-order chi connectivity index (χ0) is 22.4. The van der Waals surface area contributed by atoms with Crippen molar-refractivity contribution in [1.29, 1.82) is 0 Å². The second-order valence-corrected chi connectivity index (χ2v) is 7.84. The maximum absolute atomic E-state index is 12.5. The molecule has 0 fully saturated rings. The number of urea groups is 1. The van der Waals surface area contributed by atoms with E-state index in [1.807, 2.05) is 54.6 Å². The molecule has 0 radical (unpaired) electrons. The maximum Gasteiger partial charge on any atom is 0.319 e. The standard InChI is InChI=1S/C25H22N4O3/c1-13-21(14(2)30)24(29-25(31)26-13)20-12-18-17-6-4-5-7-19(17)27-23(18)22(28-20)15-8-10-16(32-3)11-9-15/h4-12,24,27H,1-3H3,(H2,26,29,31). The highest BCUT2D eigenvalue weighted by Crippen LogP contribution is 2.36. The van der Waals surface area contributed by atoms with Crippen LogP contribution in [0.1, 0.15) is 25.6 Å². The van der Waals surface area contributed by atoms with Crippen molar-refractivity contribution in [3.63, 3.8) is 0 Å². The van der Waals surface area contributed by atoms with Gasteiger partial charge in [0.15, 0.2) is 5.78 Å². The SMILES string of the molecule is COc1ccc(-c2nc(C3NC(=O)NC(C)=C3C(C)=O)cc3c2[nH]c2ccccc23)cc1. The molecule has 32 heavy (non-hydrogen) atoms. The molecule has 1 aliphatic rings. The number of aromatic amines is 1. The first-order valence-electron chi connectivity index (χ1n) is 10.3. The number of ether oxygens (including phenoxy) is 1. The molecular weight excluding hydrogens is 404 g/mol. The maximum atomic E-state index is 12.5. The summed E-state index contributed by atoms with van der Waals surface area (Å²) in [4.78, 5) is 33.1. The molecule has 3 heterocycles. The van der Waals surface area contributed by atoms with Crippen LogP contribution < -0.4 is 15.4 Å². The first-order chi connectivity index (χ1) is 15.5. The number of amides is 2. The summed E-state index contributed by atoms with van der Waals surface area (Å²) in [5, 5.41) is 7.59. The normalized spacial score (nSPS) is 16.2. The molecule has 2 aromatic carbocycles. The van der Waals surface area contributed by atoms with Gasteiger partial charge in [-0.2, -0.15) is 0 Å². The van der Waals surface area contributed by atoms with Crippen LogP contribution in [-0.2, 0) is 4.79 Å². The van der Waals surface area contributed by atoms with E-state index in [1.165, 1.54) is 6.92 Å². The highest BCUT2D eigenvalue weighted by atomic mass is 16.5. The van der Waals surface area contributed by atoms with Crippen molar-refractivity contribution in [2.75, 3.05) is 7.11 Å². The highest BCUT2D eigenvalue weighted by molar-refractivity contribution is 6.11. The quantitative estimate of drug-likeness (QED) is 0.444. The molecule has 5 rings (SSSR count). The number of carbonyl (C=O) groups is 2. The predicted octanol–water partition coefficient (Wildman–Crippen LogP) is 4.61. The summed E-state index contributed by atoms with van der Waals surface area (Å²) in [5.74, 6) is 0.632. The predicted molar refractivity (Wildman–Crippen MR) is 123 cm³/mol. The summed E-state index contributed by atoms with van der Waals surface area (Å²) in [6.45, 7) is 3.23. The Morgan fingerprint density at radius 3 is 2.53 bits per heavy atom. The summed E-state index contributed by atoms with van der Waals surface area (Å²) in [6, 6.07) is 16.6. The van der Waals surface area contributed by atoms with Crippen molar-refractivity contribution in [2.45, 2.75) is 19.9 Å². The number of benzene rings is 2. The monoisotopic (exact) mass is 426 g/mol. The van der Waals surface area contributed by atoms with Crippen molar-refractivity contribution in [2.24, 2.45) is 0 Å². The van der Waals surface area contributed by atoms with Crippen molar-refractivity contribution >= 4 is 33.6 Å². The summed E-state index contributed by atoms with van der Waals surface area (Å²) >= 11 is 0. The Morgan fingerprint density at radius 1 is 1.06 bits per heavy atom. The summed E-state index contributed by atoms with van der Waals surface area (Å²) in [6.07, 6.45) is 0. The van der Waals surface area contributed by atoms with Crippen LogP contribution in [0.5, 0.6) is 5.75 Å². The van der Waals surface area contributed by atoms with E-state index in [-0.39, 0.29) is 11.8 Å². The van der Waals surface area contributed by atoms with Gasteiger partial charge in [0.25, 0.3) is 0 Å². The Labute approximate surface area is 184 Å². The summed E-state index contributed by atoms with van der Waals surface area (Å²) < 4.78 is 5.30. The minimum Gasteiger partial charge on any atom is -0.497 e. The second-order valence-electron chi connectivity index (χ2n) is 7.84. The Hall–Kier alpha value is -4.13. The van der Waals surface area contributed by atoms with Crippen LogP contribution in [0.2, 0.25) is 0 Å². The van der Waals surface area contributed by atoms with Gasteiger partial charge >= 0.3 is 6.03 Å². The number of allylic oxidation sites excluding steroid dienone is 1. The number of H-pyrrole nitrogens is 1. The molecule has 7 heteroatoms. The highest BCUT2D eigenvalue weighted by Gasteiger charge is 2.31. The Balaban J connectivity index is 1.80. The number of rotatable bonds is 4. The number of nitrogens with one attached hydrogen (secondary N) is 3. The van der Waals surface area contributed by atoms with E-state index in [2.05, 4.69) is 15.6 Å². The molecule has 0 bridgehead atoms. The van der Waals surface area contributed by atoms with Gasteiger partial charge in [0.05, 0.1) is 24.0 Å². The molecule has 0 saturated heterocycles. The molecule has 1 unspecified atom stereocenters. The van der Waals surface area contributed by atoms with Crippen LogP contribution in [0.4, 0.5) is 4.79 Å². The van der Waals surface area contributed by atoms with Gasteiger partial charge in [-0.25, -0.2) is 9.78 Å². The minimum atomic E-state index is -0.642. The van der Waals surface area contributed by atoms with Crippen LogP contribution in [0.3, 0.4) is 0 Å². The van der Waals surface area contributed by atoms with Gasteiger partial charge < -0.3 is 20.4 Å². The minimum absolute atomic E-state index is 0.119. The molecule has 160 valence electrons. The topological polar surface area (TPSA) is 96.1 Å².